The second-order valence-electron chi connectivity index (χ2n) is 10.6. The average Bonchev–Trinajstić information content (AvgIpc) is 2.88. The molecule has 0 radical (unpaired) electrons. The standard InChI is InChI=1S/C31H30ClFN4O3/c1-5-27(38)35-14-19(15-35)16-36-25-13-22(32)21(28-23(33)10-7-11-24(28)34)12-26(25)37(31(40)30(36)39)29-18(4)8-6-9-20(29)17(2)3/h5-13,17,19H,1,14-16,34H2,2-4H3. The van der Waals surface area contributed by atoms with Crippen molar-refractivity contribution < 1.29 is 9.18 Å². The second-order valence-corrected chi connectivity index (χ2v) is 11.0. The second kappa shape index (κ2) is 10.4. The van der Waals surface area contributed by atoms with Crippen molar-refractivity contribution in [1.29, 1.82) is 0 Å². The molecule has 9 heteroatoms. The third-order valence-electron chi connectivity index (χ3n) is 7.54. The summed E-state index contributed by atoms with van der Waals surface area (Å²) in [4.78, 5) is 41.2. The van der Waals surface area contributed by atoms with Crippen LogP contribution in [0.5, 0.6) is 0 Å². The van der Waals surface area contributed by atoms with Crippen LogP contribution in [0.2, 0.25) is 5.02 Å². The normalized spacial score (nSPS) is 13.6. The summed E-state index contributed by atoms with van der Waals surface area (Å²) < 4.78 is 17.9. The van der Waals surface area contributed by atoms with Gasteiger partial charge >= 0.3 is 11.1 Å². The number of nitrogens with two attached hydrogens (primary N) is 1. The van der Waals surface area contributed by atoms with Gasteiger partial charge in [0.1, 0.15) is 5.82 Å². The van der Waals surface area contributed by atoms with Crippen LogP contribution in [0.4, 0.5) is 10.1 Å². The first-order valence-electron chi connectivity index (χ1n) is 13.1. The van der Waals surface area contributed by atoms with E-state index in [1.165, 1.54) is 27.3 Å². The van der Waals surface area contributed by atoms with E-state index in [1.54, 1.807) is 23.1 Å². The fourth-order valence-electron chi connectivity index (χ4n) is 5.50. The van der Waals surface area contributed by atoms with Gasteiger partial charge in [-0.2, -0.15) is 0 Å². The van der Waals surface area contributed by atoms with Crippen molar-refractivity contribution >= 4 is 34.2 Å². The van der Waals surface area contributed by atoms with Crippen LogP contribution in [0.15, 0.2) is 70.8 Å². The number of aromatic nitrogens is 2. The minimum Gasteiger partial charge on any atom is -0.398 e. The molecule has 5 rings (SSSR count). The maximum atomic E-state index is 15.1. The third-order valence-corrected chi connectivity index (χ3v) is 7.85. The number of hydrogen-bond donors (Lipinski definition) is 1. The smallest absolute Gasteiger partial charge is 0.321 e. The molecule has 1 aliphatic rings. The molecule has 0 unspecified atom stereocenters. The van der Waals surface area contributed by atoms with Crippen molar-refractivity contribution in [1.82, 2.24) is 14.0 Å². The Morgan fingerprint density at radius 2 is 1.82 bits per heavy atom. The summed E-state index contributed by atoms with van der Waals surface area (Å²) in [5, 5.41) is 0.189. The van der Waals surface area contributed by atoms with Gasteiger partial charge < -0.3 is 15.2 Å². The molecular weight excluding hydrogens is 531 g/mol. The Kier molecular flexibility index (Phi) is 7.14. The topological polar surface area (TPSA) is 90.3 Å². The lowest BCUT2D eigenvalue weighted by Crippen LogP contribution is -2.52. The first-order valence-corrected chi connectivity index (χ1v) is 13.5. The number of aryl methyl sites for hydroxylation is 1. The fourth-order valence-corrected chi connectivity index (χ4v) is 5.75. The van der Waals surface area contributed by atoms with Crippen molar-refractivity contribution in [3.63, 3.8) is 0 Å². The van der Waals surface area contributed by atoms with Crippen LogP contribution in [-0.4, -0.2) is 33.0 Å². The number of likely N-dealkylation sites (tertiary alicyclic amines) is 1. The molecule has 0 bridgehead atoms. The van der Waals surface area contributed by atoms with E-state index in [0.29, 0.717) is 35.4 Å². The Labute approximate surface area is 235 Å². The van der Waals surface area contributed by atoms with Gasteiger partial charge in [0.2, 0.25) is 5.91 Å². The molecule has 1 fully saturated rings. The predicted molar refractivity (Wildman–Crippen MR) is 158 cm³/mol. The van der Waals surface area contributed by atoms with Gasteiger partial charge in [0.05, 0.1) is 21.7 Å². The van der Waals surface area contributed by atoms with Crippen LogP contribution < -0.4 is 16.9 Å². The highest BCUT2D eigenvalue weighted by Gasteiger charge is 2.31. The first-order chi connectivity index (χ1) is 19.0. The summed E-state index contributed by atoms with van der Waals surface area (Å²) in [6.07, 6.45) is 1.25. The Bertz CT molecular complexity index is 1780. The van der Waals surface area contributed by atoms with Crippen LogP contribution in [-0.2, 0) is 11.3 Å². The number of hydrogen-bond acceptors (Lipinski definition) is 4. The summed E-state index contributed by atoms with van der Waals surface area (Å²) in [5.74, 6) is -0.717. The number of para-hydroxylation sites is 1. The molecule has 2 heterocycles. The van der Waals surface area contributed by atoms with Gasteiger partial charge in [-0.3, -0.25) is 19.0 Å². The number of carbonyl (C=O) groups is 1. The third kappa shape index (κ3) is 4.52. The van der Waals surface area contributed by atoms with Crippen molar-refractivity contribution in [2.24, 2.45) is 5.92 Å². The van der Waals surface area contributed by atoms with E-state index in [1.807, 2.05) is 39.0 Å². The van der Waals surface area contributed by atoms with E-state index in [4.69, 9.17) is 17.3 Å². The number of amides is 1. The molecule has 0 spiro atoms. The van der Waals surface area contributed by atoms with Crippen LogP contribution in [0.1, 0.15) is 30.9 Å². The number of halogens is 2. The molecule has 4 aromatic rings. The minimum atomic E-state index is -0.725. The lowest BCUT2D eigenvalue weighted by atomic mass is 9.97. The van der Waals surface area contributed by atoms with Crippen LogP contribution in [0, 0.1) is 18.7 Å². The Morgan fingerprint density at radius 3 is 2.48 bits per heavy atom. The van der Waals surface area contributed by atoms with E-state index in [-0.39, 0.29) is 40.6 Å². The number of carbonyl (C=O) groups excluding carboxylic acids is 1. The number of fused-ring (bicyclic) bond motifs is 1. The first kappa shape index (κ1) is 27.4. The zero-order valence-electron chi connectivity index (χ0n) is 22.6. The summed E-state index contributed by atoms with van der Waals surface area (Å²) >= 11 is 6.74. The molecule has 1 aromatic heterocycles. The predicted octanol–water partition coefficient (Wildman–Crippen LogP) is 5.27. The molecule has 1 amide bonds. The number of nitrogen functional groups attached to an aromatic ring is 1. The molecular formula is C31H30ClFN4O3. The largest absolute Gasteiger partial charge is 0.398 e. The Hall–Kier alpha value is -4.17. The van der Waals surface area contributed by atoms with Crippen LogP contribution in [0.3, 0.4) is 0 Å². The number of benzene rings is 3. The zero-order chi connectivity index (χ0) is 28.9. The SMILES string of the molecule is C=CC(=O)N1CC(Cn2c(=O)c(=O)n(-c3c(C)cccc3C(C)C)c3cc(-c4c(N)cccc4F)c(Cl)cc32)C1. The van der Waals surface area contributed by atoms with Gasteiger partial charge in [-0.1, -0.05) is 56.3 Å². The monoisotopic (exact) mass is 560 g/mol. The average molecular weight is 561 g/mol. The zero-order valence-corrected chi connectivity index (χ0v) is 23.3. The minimum absolute atomic E-state index is 0.0367. The summed E-state index contributed by atoms with van der Waals surface area (Å²) in [6.45, 7) is 10.5. The highest BCUT2D eigenvalue weighted by Crippen LogP contribution is 2.38. The number of anilines is 1. The van der Waals surface area contributed by atoms with E-state index >= 15 is 4.39 Å². The van der Waals surface area contributed by atoms with Gasteiger partial charge in [0.25, 0.3) is 0 Å². The lowest BCUT2D eigenvalue weighted by Gasteiger charge is -2.39. The van der Waals surface area contributed by atoms with Gasteiger partial charge in [0, 0.05) is 42.4 Å². The molecule has 3 aromatic carbocycles. The Morgan fingerprint density at radius 1 is 1.12 bits per heavy atom. The molecule has 0 atom stereocenters. The van der Waals surface area contributed by atoms with Crippen molar-refractivity contribution in [3.05, 3.63) is 104 Å². The molecule has 1 aliphatic heterocycles. The van der Waals surface area contributed by atoms with Gasteiger partial charge in [-0.05, 0) is 54.3 Å². The highest BCUT2D eigenvalue weighted by atomic mass is 35.5. The summed E-state index contributed by atoms with van der Waals surface area (Å²) in [7, 11) is 0. The van der Waals surface area contributed by atoms with Crippen molar-refractivity contribution in [2.75, 3.05) is 18.8 Å². The molecule has 7 nitrogen and oxygen atoms in total. The molecule has 1 saturated heterocycles. The molecule has 2 N–H and O–H groups in total. The molecule has 40 heavy (non-hydrogen) atoms. The summed E-state index contributed by atoms with van der Waals surface area (Å²) in [6, 6.07) is 13.3. The van der Waals surface area contributed by atoms with E-state index in [2.05, 4.69) is 6.58 Å². The summed E-state index contributed by atoms with van der Waals surface area (Å²) in [5.41, 5.74) is 8.52. The van der Waals surface area contributed by atoms with Crippen molar-refractivity contribution in [3.8, 4) is 16.8 Å². The number of nitrogens with zero attached hydrogens (tertiary/aromatic N) is 3. The van der Waals surface area contributed by atoms with E-state index in [9.17, 15) is 14.4 Å². The van der Waals surface area contributed by atoms with E-state index < -0.39 is 16.9 Å². The maximum Gasteiger partial charge on any atom is 0.321 e. The lowest BCUT2D eigenvalue weighted by molar-refractivity contribution is -0.132. The van der Waals surface area contributed by atoms with Gasteiger partial charge in [-0.15, -0.1) is 0 Å². The molecule has 206 valence electrons. The van der Waals surface area contributed by atoms with Crippen molar-refractivity contribution in [2.45, 2.75) is 33.2 Å². The Balaban J connectivity index is 1.83. The van der Waals surface area contributed by atoms with Crippen LogP contribution in [0.25, 0.3) is 27.8 Å². The van der Waals surface area contributed by atoms with Crippen LogP contribution >= 0.6 is 11.6 Å². The highest BCUT2D eigenvalue weighted by molar-refractivity contribution is 6.34. The van der Waals surface area contributed by atoms with Gasteiger partial charge in [-0.25, -0.2) is 4.39 Å². The quantitative estimate of drug-likeness (QED) is 0.198. The fraction of sp³-hybridized carbons (Fsp3) is 0.258. The maximum absolute atomic E-state index is 15.1. The van der Waals surface area contributed by atoms with Gasteiger partial charge in [0.15, 0.2) is 0 Å². The molecule has 0 aliphatic carbocycles. The van der Waals surface area contributed by atoms with E-state index in [0.717, 1.165) is 11.1 Å². The number of rotatable bonds is 6. The molecule has 0 saturated carbocycles.